The highest BCUT2D eigenvalue weighted by atomic mass is 16.5. The Morgan fingerprint density at radius 3 is 3.00 bits per heavy atom. The summed E-state index contributed by atoms with van der Waals surface area (Å²) in [5.74, 6) is 2.04. The summed E-state index contributed by atoms with van der Waals surface area (Å²) < 4.78 is 11.3. The van der Waals surface area contributed by atoms with Crippen molar-refractivity contribution in [2.75, 3.05) is 19.8 Å². The van der Waals surface area contributed by atoms with E-state index in [0.29, 0.717) is 31.1 Å². The zero-order valence-corrected chi connectivity index (χ0v) is 12.2. The Morgan fingerprint density at radius 2 is 2.23 bits per heavy atom. The lowest BCUT2D eigenvalue weighted by Gasteiger charge is -2.24. The van der Waals surface area contributed by atoms with Crippen molar-refractivity contribution in [2.24, 2.45) is 0 Å². The predicted octanol–water partition coefficient (Wildman–Crippen LogP) is 1.49. The molecule has 2 aliphatic rings. The van der Waals surface area contributed by atoms with E-state index in [2.05, 4.69) is 15.2 Å². The van der Waals surface area contributed by atoms with Gasteiger partial charge < -0.3 is 14.1 Å². The molecule has 4 rings (SSSR count). The van der Waals surface area contributed by atoms with E-state index in [9.17, 15) is 4.79 Å². The smallest absolute Gasteiger partial charge is 0.272 e. The highest BCUT2D eigenvalue weighted by molar-refractivity contribution is 5.92. The first kappa shape index (κ1) is 13.5. The number of oxazole rings is 1. The molecule has 7 heteroatoms. The maximum atomic E-state index is 12.4. The Hall–Kier alpha value is -2.15. The summed E-state index contributed by atoms with van der Waals surface area (Å²) in [5, 5.41) is 6.55. The zero-order chi connectivity index (χ0) is 14.9. The Kier molecular flexibility index (Phi) is 3.42. The summed E-state index contributed by atoms with van der Waals surface area (Å²) >= 11 is 0. The average molecular weight is 302 g/mol. The number of H-pyrrole nitrogens is 1. The number of carbonyl (C=O) groups is 1. The average Bonchev–Trinajstić information content (AvgIpc) is 3.23. The second kappa shape index (κ2) is 5.57. The first-order valence-corrected chi connectivity index (χ1v) is 7.66. The molecule has 0 atom stereocenters. The fraction of sp³-hybridized carbons (Fsp3) is 0.533. The van der Waals surface area contributed by atoms with Gasteiger partial charge in [0.1, 0.15) is 17.1 Å². The molecule has 1 saturated heterocycles. The topological polar surface area (TPSA) is 84.2 Å². The van der Waals surface area contributed by atoms with Gasteiger partial charge in [0.2, 0.25) is 0 Å². The number of aromatic nitrogens is 3. The molecule has 1 N–H and O–H groups in total. The number of rotatable bonds is 2. The van der Waals surface area contributed by atoms with Gasteiger partial charge in [-0.2, -0.15) is 5.10 Å². The van der Waals surface area contributed by atoms with E-state index in [0.717, 1.165) is 43.4 Å². The van der Waals surface area contributed by atoms with Crippen LogP contribution in [0.25, 0.3) is 0 Å². The molecule has 0 saturated carbocycles. The molecule has 4 heterocycles. The quantitative estimate of drug-likeness (QED) is 0.908. The molecule has 0 aliphatic carbocycles. The van der Waals surface area contributed by atoms with E-state index in [1.54, 1.807) is 17.2 Å². The van der Waals surface area contributed by atoms with Gasteiger partial charge in [0, 0.05) is 38.3 Å². The van der Waals surface area contributed by atoms with Crippen LogP contribution in [0.3, 0.4) is 0 Å². The molecule has 1 fully saturated rings. The van der Waals surface area contributed by atoms with Gasteiger partial charge in [0.15, 0.2) is 5.89 Å². The van der Waals surface area contributed by atoms with Gasteiger partial charge >= 0.3 is 0 Å². The highest BCUT2D eigenvalue weighted by Gasteiger charge is 2.29. The van der Waals surface area contributed by atoms with Crippen LogP contribution in [0.1, 0.15) is 46.6 Å². The molecule has 0 aromatic carbocycles. The second-order valence-corrected chi connectivity index (χ2v) is 5.76. The van der Waals surface area contributed by atoms with Crippen LogP contribution >= 0.6 is 0 Å². The number of hydrogen-bond donors (Lipinski definition) is 1. The summed E-state index contributed by atoms with van der Waals surface area (Å²) in [6, 6.07) is 1.69. The van der Waals surface area contributed by atoms with Gasteiger partial charge in [0.25, 0.3) is 5.91 Å². The number of nitrogens with zero attached hydrogens (tertiary/aromatic N) is 3. The standard InChI is InChI=1S/C15H18N4O3/c20-15(11-1-5-16-18-11)19-6-2-13-12(9-19)17-14(22-13)10-3-7-21-8-4-10/h1,5,10H,2-4,6-9H2,(H,16,18). The molecule has 116 valence electrons. The summed E-state index contributed by atoms with van der Waals surface area (Å²) in [5.41, 5.74) is 1.40. The van der Waals surface area contributed by atoms with Gasteiger partial charge in [0.05, 0.1) is 6.54 Å². The minimum atomic E-state index is -0.0428. The van der Waals surface area contributed by atoms with Crippen molar-refractivity contribution < 1.29 is 13.9 Å². The Labute approximate surface area is 127 Å². The molecular weight excluding hydrogens is 284 g/mol. The van der Waals surface area contributed by atoms with Crippen molar-refractivity contribution >= 4 is 5.91 Å². The van der Waals surface area contributed by atoms with E-state index in [1.807, 2.05) is 0 Å². The van der Waals surface area contributed by atoms with E-state index in [1.165, 1.54) is 0 Å². The highest BCUT2D eigenvalue weighted by Crippen LogP contribution is 2.30. The summed E-state index contributed by atoms with van der Waals surface area (Å²) in [4.78, 5) is 18.8. The molecule has 1 amide bonds. The number of carbonyl (C=O) groups excluding carboxylic acids is 1. The van der Waals surface area contributed by atoms with Crippen LogP contribution in [0, 0.1) is 0 Å². The van der Waals surface area contributed by atoms with Gasteiger partial charge in [-0.1, -0.05) is 0 Å². The molecule has 0 bridgehead atoms. The van der Waals surface area contributed by atoms with Crippen molar-refractivity contribution in [2.45, 2.75) is 31.7 Å². The number of hydrogen-bond acceptors (Lipinski definition) is 5. The van der Waals surface area contributed by atoms with Crippen molar-refractivity contribution in [1.29, 1.82) is 0 Å². The SMILES string of the molecule is O=C(c1ccn[nH]1)N1CCc2oc(C3CCOCC3)nc2C1. The first-order chi connectivity index (χ1) is 10.8. The van der Waals surface area contributed by atoms with Crippen LogP contribution in [-0.4, -0.2) is 45.7 Å². The molecular formula is C15H18N4O3. The lowest BCUT2D eigenvalue weighted by Crippen LogP contribution is -2.36. The maximum absolute atomic E-state index is 12.4. The van der Waals surface area contributed by atoms with Crippen LogP contribution in [0.5, 0.6) is 0 Å². The van der Waals surface area contributed by atoms with Crippen LogP contribution < -0.4 is 0 Å². The Bertz CT molecular complexity index is 658. The van der Waals surface area contributed by atoms with Crippen LogP contribution in [-0.2, 0) is 17.7 Å². The van der Waals surface area contributed by atoms with E-state index in [-0.39, 0.29) is 5.91 Å². The van der Waals surface area contributed by atoms with Crippen molar-refractivity contribution in [3.63, 3.8) is 0 Å². The van der Waals surface area contributed by atoms with Crippen LogP contribution in [0.2, 0.25) is 0 Å². The minimum absolute atomic E-state index is 0.0428. The number of fused-ring (bicyclic) bond motifs is 1. The van der Waals surface area contributed by atoms with Gasteiger partial charge in [-0.25, -0.2) is 4.98 Å². The fourth-order valence-corrected chi connectivity index (χ4v) is 3.06. The molecule has 0 unspecified atom stereocenters. The van der Waals surface area contributed by atoms with Gasteiger partial charge in [-0.15, -0.1) is 0 Å². The van der Waals surface area contributed by atoms with Gasteiger partial charge in [-0.3, -0.25) is 9.89 Å². The third-order valence-electron chi connectivity index (χ3n) is 4.33. The molecule has 2 aromatic rings. The molecule has 2 aromatic heterocycles. The first-order valence-electron chi connectivity index (χ1n) is 7.66. The lowest BCUT2D eigenvalue weighted by atomic mass is 10.0. The monoisotopic (exact) mass is 302 g/mol. The summed E-state index contributed by atoms with van der Waals surface area (Å²) in [7, 11) is 0. The van der Waals surface area contributed by atoms with Crippen molar-refractivity contribution in [1.82, 2.24) is 20.1 Å². The summed E-state index contributed by atoms with van der Waals surface area (Å²) in [6.07, 6.45) is 4.21. The Morgan fingerprint density at radius 1 is 1.36 bits per heavy atom. The van der Waals surface area contributed by atoms with Crippen molar-refractivity contribution in [3.05, 3.63) is 35.3 Å². The third-order valence-corrected chi connectivity index (χ3v) is 4.33. The van der Waals surface area contributed by atoms with Crippen LogP contribution in [0.15, 0.2) is 16.7 Å². The zero-order valence-electron chi connectivity index (χ0n) is 12.2. The molecule has 0 radical (unpaired) electrons. The van der Waals surface area contributed by atoms with E-state index in [4.69, 9.17) is 9.15 Å². The summed E-state index contributed by atoms with van der Waals surface area (Å²) in [6.45, 7) is 2.68. The third kappa shape index (κ3) is 2.41. The van der Waals surface area contributed by atoms with Crippen LogP contribution in [0.4, 0.5) is 0 Å². The second-order valence-electron chi connectivity index (χ2n) is 5.76. The normalized spacial score (nSPS) is 19.2. The van der Waals surface area contributed by atoms with Crippen molar-refractivity contribution in [3.8, 4) is 0 Å². The Balaban J connectivity index is 1.51. The van der Waals surface area contributed by atoms with Gasteiger partial charge in [-0.05, 0) is 18.9 Å². The minimum Gasteiger partial charge on any atom is -0.445 e. The molecule has 0 spiro atoms. The maximum Gasteiger partial charge on any atom is 0.272 e. The lowest BCUT2D eigenvalue weighted by molar-refractivity contribution is 0.0720. The number of aromatic amines is 1. The molecule has 7 nitrogen and oxygen atoms in total. The molecule has 2 aliphatic heterocycles. The van der Waals surface area contributed by atoms with E-state index < -0.39 is 0 Å². The number of ether oxygens (including phenoxy) is 1. The molecule has 22 heavy (non-hydrogen) atoms. The number of nitrogens with one attached hydrogen (secondary N) is 1. The number of amides is 1. The predicted molar refractivity (Wildman–Crippen MR) is 76.3 cm³/mol. The largest absolute Gasteiger partial charge is 0.445 e. The van der Waals surface area contributed by atoms with E-state index >= 15 is 0 Å². The fourth-order valence-electron chi connectivity index (χ4n) is 3.06.